The fraction of sp³-hybridized carbons (Fsp3) is 0.286. The van der Waals surface area contributed by atoms with Gasteiger partial charge in [0.1, 0.15) is 5.75 Å². The minimum Gasteiger partial charge on any atom is -0.508 e. The highest BCUT2D eigenvalue weighted by Crippen LogP contribution is 2.50. The fourth-order valence-corrected chi connectivity index (χ4v) is 6.37. The summed E-state index contributed by atoms with van der Waals surface area (Å²) in [6.45, 7) is 3.09. The second-order valence-electron chi connectivity index (χ2n) is 9.50. The second kappa shape index (κ2) is 7.68. The first kappa shape index (κ1) is 19.9. The van der Waals surface area contributed by atoms with E-state index in [2.05, 4.69) is 58.4 Å². The molecule has 4 aromatic rings. The summed E-state index contributed by atoms with van der Waals surface area (Å²) in [5.41, 5.74) is 6.44. The standard InChI is InChI=1S/C28H27ClN2O/c29-25-11-5-10-23-24-15-21-18-31(17-19-6-2-1-3-7-19)13-12-28(21,16-26(24)30-27(23)25)20-8-4-9-22(32)14-20/h1-11,14,21,30,32H,12-13,15-18H2. The minimum absolute atomic E-state index is 0.0201. The van der Waals surface area contributed by atoms with Gasteiger partial charge in [0.05, 0.1) is 10.5 Å². The number of aromatic amines is 1. The van der Waals surface area contributed by atoms with Gasteiger partial charge in [-0.15, -0.1) is 0 Å². The molecule has 0 saturated carbocycles. The predicted molar refractivity (Wildman–Crippen MR) is 130 cm³/mol. The smallest absolute Gasteiger partial charge is 0.115 e. The van der Waals surface area contributed by atoms with E-state index < -0.39 is 0 Å². The highest BCUT2D eigenvalue weighted by molar-refractivity contribution is 6.35. The zero-order valence-corrected chi connectivity index (χ0v) is 18.8. The third kappa shape index (κ3) is 3.23. The summed E-state index contributed by atoms with van der Waals surface area (Å²) in [6.07, 6.45) is 3.06. The molecule has 3 nitrogen and oxygen atoms in total. The summed E-state index contributed by atoms with van der Waals surface area (Å²) in [6, 6.07) is 24.9. The Morgan fingerprint density at radius 2 is 1.88 bits per heavy atom. The summed E-state index contributed by atoms with van der Waals surface area (Å²) in [5, 5.41) is 12.3. The molecule has 0 radical (unpaired) electrons. The average Bonchev–Trinajstić information content (AvgIpc) is 3.17. The Hall–Kier alpha value is -2.75. The third-order valence-electron chi connectivity index (χ3n) is 7.73. The Morgan fingerprint density at radius 3 is 2.72 bits per heavy atom. The van der Waals surface area contributed by atoms with Gasteiger partial charge >= 0.3 is 0 Å². The summed E-state index contributed by atoms with van der Waals surface area (Å²) in [4.78, 5) is 6.27. The van der Waals surface area contributed by atoms with Crippen LogP contribution in [0.15, 0.2) is 72.8 Å². The molecule has 32 heavy (non-hydrogen) atoms. The van der Waals surface area contributed by atoms with Crippen molar-refractivity contribution in [2.24, 2.45) is 5.92 Å². The Kier molecular flexibility index (Phi) is 4.78. The monoisotopic (exact) mass is 442 g/mol. The van der Waals surface area contributed by atoms with Crippen molar-refractivity contribution in [2.45, 2.75) is 31.2 Å². The van der Waals surface area contributed by atoms with Gasteiger partial charge in [-0.2, -0.15) is 0 Å². The number of fused-ring (bicyclic) bond motifs is 4. The highest BCUT2D eigenvalue weighted by Gasteiger charge is 2.48. The summed E-state index contributed by atoms with van der Waals surface area (Å²) in [7, 11) is 0. The Morgan fingerprint density at radius 1 is 1.03 bits per heavy atom. The van der Waals surface area contributed by atoms with E-state index in [1.807, 2.05) is 18.2 Å². The van der Waals surface area contributed by atoms with E-state index in [0.29, 0.717) is 11.7 Å². The quantitative estimate of drug-likeness (QED) is 0.403. The normalized spacial score (nSPS) is 23.1. The van der Waals surface area contributed by atoms with Crippen molar-refractivity contribution in [3.8, 4) is 5.75 Å². The molecule has 2 heterocycles. The van der Waals surface area contributed by atoms with Gasteiger partial charge < -0.3 is 10.1 Å². The number of aromatic hydroxyl groups is 1. The van der Waals surface area contributed by atoms with E-state index in [-0.39, 0.29) is 5.41 Å². The van der Waals surface area contributed by atoms with Crippen LogP contribution >= 0.6 is 11.6 Å². The number of aromatic nitrogens is 1. The maximum atomic E-state index is 10.3. The molecule has 2 N–H and O–H groups in total. The summed E-state index contributed by atoms with van der Waals surface area (Å²) < 4.78 is 0. The maximum absolute atomic E-state index is 10.3. The van der Waals surface area contributed by atoms with Crippen LogP contribution in [-0.4, -0.2) is 28.1 Å². The van der Waals surface area contributed by atoms with E-state index in [4.69, 9.17) is 11.6 Å². The molecule has 4 heteroatoms. The van der Waals surface area contributed by atoms with Crippen LogP contribution in [0.1, 0.15) is 28.8 Å². The highest BCUT2D eigenvalue weighted by atomic mass is 35.5. The van der Waals surface area contributed by atoms with E-state index in [0.717, 1.165) is 49.4 Å². The number of benzene rings is 3. The van der Waals surface area contributed by atoms with Crippen LogP contribution in [0.25, 0.3) is 10.9 Å². The van der Waals surface area contributed by atoms with Crippen molar-refractivity contribution in [3.05, 3.63) is 100 Å². The second-order valence-corrected chi connectivity index (χ2v) is 9.91. The van der Waals surface area contributed by atoms with Crippen LogP contribution in [-0.2, 0) is 24.8 Å². The van der Waals surface area contributed by atoms with Gasteiger partial charge in [0.2, 0.25) is 0 Å². The lowest BCUT2D eigenvalue weighted by atomic mass is 9.58. The summed E-state index contributed by atoms with van der Waals surface area (Å²) in [5.74, 6) is 0.833. The van der Waals surface area contributed by atoms with Crippen molar-refractivity contribution < 1.29 is 5.11 Å². The molecule has 1 aromatic heterocycles. The number of phenolic OH excluding ortho intramolecular Hbond substituents is 1. The average molecular weight is 443 g/mol. The molecule has 1 aliphatic heterocycles. The van der Waals surface area contributed by atoms with Gasteiger partial charge in [-0.05, 0) is 66.6 Å². The number of piperidine rings is 1. The van der Waals surface area contributed by atoms with Gasteiger partial charge in [-0.1, -0.05) is 66.2 Å². The molecule has 2 unspecified atom stereocenters. The molecule has 6 rings (SSSR count). The molecule has 1 saturated heterocycles. The first-order valence-corrected chi connectivity index (χ1v) is 11.8. The molecule has 2 atom stereocenters. The summed E-state index contributed by atoms with van der Waals surface area (Å²) >= 11 is 6.54. The number of phenols is 1. The van der Waals surface area contributed by atoms with E-state index in [9.17, 15) is 5.11 Å². The van der Waals surface area contributed by atoms with Crippen LogP contribution in [0.5, 0.6) is 5.75 Å². The number of halogens is 1. The topological polar surface area (TPSA) is 39.3 Å². The molecular weight excluding hydrogens is 416 g/mol. The molecule has 0 spiro atoms. The number of nitrogens with zero attached hydrogens (tertiary/aromatic N) is 1. The molecule has 0 amide bonds. The van der Waals surface area contributed by atoms with Gasteiger partial charge in [0.25, 0.3) is 0 Å². The lowest BCUT2D eigenvalue weighted by molar-refractivity contribution is 0.0765. The minimum atomic E-state index is 0.0201. The Labute approximate surface area is 193 Å². The molecule has 1 fully saturated rings. The maximum Gasteiger partial charge on any atom is 0.115 e. The SMILES string of the molecule is Oc1cccc(C23CCN(Cc4ccccc4)CC2Cc2c([nH]c4c(Cl)cccc24)C3)c1. The number of H-pyrrole nitrogens is 1. The van der Waals surface area contributed by atoms with Gasteiger partial charge in [0, 0.05) is 29.6 Å². The van der Waals surface area contributed by atoms with Crippen LogP contribution in [0, 0.1) is 5.92 Å². The van der Waals surface area contributed by atoms with Crippen LogP contribution in [0.3, 0.4) is 0 Å². The lowest BCUT2D eigenvalue weighted by Crippen LogP contribution is -2.53. The van der Waals surface area contributed by atoms with E-state index in [1.165, 1.54) is 27.8 Å². The first-order valence-electron chi connectivity index (χ1n) is 11.5. The molecule has 0 bridgehead atoms. The zero-order valence-electron chi connectivity index (χ0n) is 18.0. The van der Waals surface area contributed by atoms with Gasteiger partial charge in [0.15, 0.2) is 0 Å². The third-order valence-corrected chi connectivity index (χ3v) is 8.04. The Bertz CT molecular complexity index is 1280. The van der Waals surface area contributed by atoms with Gasteiger partial charge in [-0.3, -0.25) is 4.90 Å². The van der Waals surface area contributed by atoms with E-state index >= 15 is 0 Å². The van der Waals surface area contributed by atoms with Crippen molar-refractivity contribution in [1.29, 1.82) is 0 Å². The number of hydrogen-bond acceptors (Lipinski definition) is 2. The van der Waals surface area contributed by atoms with Crippen LogP contribution in [0.4, 0.5) is 0 Å². The van der Waals surface area contributed by atoms with E-state index in [1.54, 1.807) is 6.07 Å². The number of nitrogens with one attached hydrogen (secondary N) is 1. The number of para-hydroxylation sites is 1. The molecule has 162 valence electrons. The van der Waals surface area contributed by atoms with Crippen LogP contribution < -0.4 is 0 Å². The van der Waals surface area contributed by atoms with Crippen molar-refractivity contribution >= 4 is 22.5 Å². The molecule has 1 aliphatic carbocycles. The lowest BCUT2D eigenvalue weighted by Gasteiger charge is -2.51. The fourth-order valence-electron chi connectivity index (χ4n) is 6.15. The number of likely N-dealkylation sites (tertiary alicyclic amines) is 1. The van der Waals surface area contributed by atoms with Crippen molar-refractivity contribution in [3.63, 3.8) is 0 Å². The van der Waals surface area contributed by atoms with Gasteiger partial charge in [-0.25, -0.2) is 0 Å². The molecule has 3 aromatic carbocycles. The van der Waals surface area contributed by atoms with Crippen LogP contribution in [0.2, 0.25) is 5.02 Å². The van der Waals surface area contributed by atoms with Crippen molar-refractivity contribution in [2.75, 3.05) is 13.1 Å². The number of rotatable bonds is 3. The Balaban J connectivity index is 1.42. The first-order chi connectivity index (χ1) is 15.6. The molecular formula is C28H27ClN2O. The predicted octanol–water partition coefficient (Wildman–Crippen LogP) is 6.09. The largest absolute Gasteiger partial charge is 0.508 e. The van der Waals surface area contributed by atoms with Crippen molar-refractivity contribution in [1.82, 2.24) is 9.88 Å². The zero-order chi connectivity index (χ0) is 21.7. The molecule has 2 aliphatic rings. The number of hydrogen-bond donors (Lipinski definition) is 2.